The predicted molar refractivity (Wildman–Crippen MR) is 159 cm³/mol. The largest absolute Gasteiger partial charge is 0.756 e. The van der Waals surface area contributed by atoms with Crippen molar-refractivity contribution in [2.75, 3.05) is 47.5 Å². The zero-order valence-electron chi connectivity index (χ0n) is 26.5. The van der Waals surface area contributed by atoms with Crippen LogP contribution in [-0.4, -0.2) is 104 Å². The number of hydrogen-bond acceptors (Lipinski definition) is 11. The fourth-order valence-corrected chi connectivity index (χ4v) is 5.37. The molecule has 1 unspecified atom stereocenters. The fourth-order valence-electron chi connectivity index (χ4n) is 4.65. The number of esters is 2. The third kappa shape index (κ3) is 18.7. The summed E-state index contributed by atoms with van der Waals surface area (Å²) in [6.07, 6.45) is 10.2. The lowest BCUT2D eigenvalue weighted by molar-refractivity contribution is -0.870. The number of hydrogen-bond donors (Lipinski definition) is 3. The molecule has 0 aromatic rings. The molecule has 0 bridgehead atoms. The molecule has 0 heterocycles. The maximum Gasteiger partial charge on any atom is 0.305 e. The van der Waals surface area contributed by atoms with Crippen molar-refractivity contribution in [3.63, 3.8) is 0 Å². The number of carbonyl (C=O) groups excluding carboxylic acids is 2. The van der Waals surface area contributed by atoms with Gasteiger partial charge < -0.3 is 43.2 Å². The molecule has 0 aromatic carbocycles. The summed E-state index contributed by atoms with van der Waals surface area (Å²) in [6.45, 7) is 2.71. The first kappa shape index (κ1) is 39.4. The molecule has 0 aromatic heterocycles. The molecule has 0 spiro atoms. The van der Waals surface area contributed by atoms with Gasteiger partial charge in [0.2, 0.25) is 0 Å². The van der Waals surface area contributed by atoms with Crippen molar-refractivity contribution in [3.8, 4) is 0 Å². The van der Waals surface area contributed by atoms with E-state index in [-0.39, 0.29) is 31.5 Å². The number of allylic oxidation sites excluding steroid dienone is 2. The van der Waals surface area contributed by atoms with E-state index in [0.29, 0.717) is 43.1 Å². The number of likely N-dealkylation sites (N-methyl/N-ethyl adjacent to an activating group) is 1. The fraction of sp³-hybridized carbons (Fsp3) is 0.800. The standard InChI is InChI=1S/C30H54NO11P/c1-6-7-10-13-24(33)16-17-27-26(28(34)20-29(27)35)14-11-8-9-12-15-30(36)39-21-25(42-23(2)32)22-41-43(37,38)40-19-18-31(3,4)5/h8,11,16-17,24-29,33-35H,6-7,9-10,12-15,18-22H2,1-5H3/b11-8+,17-16+/t24-,25+,26+,27+,28-,29+/m0/s1. The number of phosphoric acid groups is 1. The molecule has 250 valence electrons. The molecule has 0 aliphatic heterocycles. The lowest BCUT2D eigenvalue weighted by atomic mass is 9.89. The molecule has 1 fully saturated rings. The van der Waals surface area contributed by atoms with Crippen LogP contribution in [0, 0.1) is 11.8 Å². The van der Waals surface area contributed by atoms with Gasteiger partial charge >= 0.3 is 11.9 Å². The summed E-state index contributed by atoms with van der Waals surface area (Å²) in [5.74, 6) is -1.62. The van der Waals surface area contributed by atoms with E-state index in [2.05, 4.69) is 6.92 Å². The predicted octanol–water partition coefficient (Wildman–Crippen LogP) is 2.64. The summed E-state index contributed by atoms with van der Waals surface area (Å²) < 4.78 is 32.3. The van der Waals surface area contributed by atoms with Gasteiger partial charge in [0.15, 0.2) is 6.10 Å². The average Bonchev–Trinajstić information content (AvgIpc) is 3.17. The van der Waals surface area contributed by atoms with Crippen LogP contribution in [0.5, 0.6) is 0 Å². The van der Waals surface area contributed by atoms with E-state index >= 15 is 0 Å². The summed E-state index contributed by atoms with van der Waals surface area (Å²) in [4.78, 5) is 35.6. The highest BCUT2D eigenvalue weighted by Crippen LogP contribution is 2.38. The smallest absolute Gasteiger partial charge is 0.305 e. The van der Waals surface area contributed by atoms with Gasteiger partial charge in [-0.1, -0.05) is 50.5 Å². The van der Waals surface area contributed by atoms with E-state index in [1.807, 2.05) is 39.4 Å². The van der Waals surface area contributed by atoms with Crippen LogP contribution in [0.25, 0.3) is 0 Å². The number of ether oxygens (including phenoxy) is 2. The van der Waals surface area contributed by atoms with Crippen LogP contribution in [0.3, 0.4) is 0 Å². The summed E-state index contributed by atoms with van der Waals surface area (Å²) in [5, 5.41) is 31.0. The lowest BCUT2D eigenvalue weighted by Crippen LogP contribution is -2.37. The number of carbonyl (C=O) groups is 2. The topological polar surface area (TPSA) is 172 Å². The number of aliphatic hydroxyl groups excluding tert-OH is 3. The van der Waals surface area contributed by atoms with Gasteiger partial charge in [-0.15, -0.1) is 0 Å². The number of nitrogens with zero attached hydrogens (tertiary/aromatic N) is 1. The van der Waals surface area contributed by atoms with Crippen molar-refractivity contribution in [1.29, 1.82) is 0 Å². The Morgan fingerprint density at radius 1 is 1.07 bits per heavy atom. The van der Waals surface area contributed by atoms with Crippen LogP contribution in [0.15, 0.2) is 24.3 Å². The second kappa shape index (κ2) is 20.4. The van der Waals surface area contributed by atoms with E-state index in [1.165, 1.54) is 0 Å². The Hall–Kier alpha value is -1.63. The number of aliphatic hydroxyl groups is 3. The van der Waals surface area contributed by atoms with Crippen molar-refractivity contribution >= 4 is 19.8 Å². The Labute approximate surface area is 256 Å². The zero-order chi connectivity index (χ0) is 32.5. The minimum absolute atomic E-state index is 0.0733. The highest BCUT2D eigenvalue weighted by Gasteiger charge is 2.39. The van der Waals surface area contributed by atoms with Gasteiger partial charge in [-0.25, -0.2) is 0 Å². The molecule has 13 heteroatoms. The number of quaternary nitrogens is 1. The van der Waals surface area contributed by atoms with E-state index < -0.39 is 50.8 Å². The molecule has 1 saturated carbocycles. The van der Waals surface area contributed by atoms with Crippen LogP contribution < -0.4 is 4.89 Å². The first-order valence-electron chi connectivity index (χ1n) is 15.2. The minimum Gasteiger partial charge on any atom is -0.756 e. The summed E-state index contributed by atoms with van der Waals surface area (Å²) in [7, 11) is 1.02. The van der Waals surface area contributed by atoms with Crippen molar-refractivity contribution < 1.29 is 57.4 Å². The van der Waals surface area contributed by atoms with Crippen LogP contribution in [0.4, 0.5) is 0 Å². The van der Waals surface area contributed by atoms with E-state index in [9.17, 15) is 34.4 Å². The lowest BCUT2D eigenvalue weighted by Gasteiger charge is -2.28. The van der Waals surface area contributed by atoms with Gasteiger partial charge in [0.1, 0.15) is 19.8 Å². The zero-order valence-corrected chi connectivity index (χ0v) is 27.4. The molecule has 12 nitrogen and oxygen atoms in total. The molecule has 1 rings (SSSR count). The number of rotatable bonds is 22. The Bertz CT molecular complexity index is 920. The van der Waals surface area contributed by atoms with Crippen LogP contribution in [0.2, 0.25) is 0 Å². The first-order valence-corrected chi connectivity index (χ1v) is 16.7. The Morgan fingerprint density at radius 3 is 2.44 bits per heavy atom. The molecule has 0 amide bonds. The monoisotopic (exact) mass is 635 g/mol. The average molecular weight is 636 g/mol. The van der Waals surface area contributed by atoms with E-state index in [0.717, 1.165) is 26.2 Å². The Balaban J connectivity index is 2.42. The second-order valence-corrected chi connectivity index (χ2v) is 13.6. The number of phosphoric ester groups is 1. The van der Waals surface area contributed by atoms with Gasteiger partial charge in [-0.2, -0.15) is 0 Å². The normalized spacial score (nSPS) is 23.8. The summed E-state index contributed by atoms with van der Waals surface area (Å²) in [5.41, 5.74) is 0. The van der Waals surface area contributed by atoms with Crippen molar-refractivity contribution in [1.82, 2.24) is 0 Å². The molecule has 0 saturated heterocycles. The SMILES string of the molecule is CCCCC[C@H](O)/C=C/[C@@H]1[C@@H](C/C=C/CCCC(=O)OC[C@H](COP(=O)([O-])OCC[N+](C)(C)C)OC(C)=O)[C@@H](O)C[C@H]1O. The molecule has 3 N–H and O–H groups in total. The molecule has 1 aliphatic carbocycles. The van der Waals surface area contributed by atoms with Crippen LogP contribution >= 0.6 is 7.82 Å². The molecular weight excluding hydrogens is 581 g/mol. The van der Waals surface area contributed by atoms with Gasteiger partial charge in [-0.3, -0.25) is 14.2 Å². The molecule has 0 radical (unpaired) electrons. The third-order valence-electron chi connectivity index (χ3n) is 7.09. The van der Waals surface area contributed by atoms with Crippen LogP contribution in [0.1, 0.15) is 71.6 Å². The highest BCUT2D eigenvalue weighted by atomic mass is 31.2. The van der Waals surface area contributed by atoms with E-state index in [1.54, 1.807) is 6.08 Å². The first-order chi connectivity index (χ1) is 20.1. The van der Waals surface area contributed by atoms with Crippen molar-refractivity contribution in [3.05, 3.63) is 24.3 Å². The van der Waals surface area contributed by atoms with Gasteiger partial charge in [0, 0.05) is 25.7 Å². The minimum atomic E-state index is -4.63. The number of unbranched alkanes of at least 4 members (excludes halogenated alkanes) is 3. The van der Waals surface area contributed by atoms with Gasteiger partial charge in [0.25, 0.3) is 7.82 Å². The van der Waals surface area contributed by atoms with Crippen molar-refractivity contribution in [2.45, 2.75) is 96.1 Å². The molecule has 7 atom stereocenters. The third-order valence-corrected chi connectivity index (χ3v) is 8.06. The Kier molecular flexibility index (Phi) is 18.7. The van der Waals surface area contributed by atoms with Gasteiger partial charge in [0.05, 0.1) is 46.1 Å². The summed E-state index contributed by atoms with van der Waals surface area (Å²) in [6, 6.07) is 0. The molecule has 1 aliphatic rings. The second-order valence-electron chi connectivity index (χ2n) is 12.2. The summed E-state index contributed by atoms with van der Waals surface area (Å²) >= 11 is 0. The molecular formula is C30H54NO11P. The Morgan fingerprint density at radius 2 is 1.79 bits per heavy atom. The van der Waals surface area contributed by atoms with Gasteiger partial charge in [-0.05, 0) is 31.6 Å². The highest BCUT2D eigenvalue weighted by molar-refractivity contribution is 7.45. The maximum atomic E-state index is 12.2. The molecule has 43 heavy (non-hydrogen) atoms. The van der Waals surface area contributed by atoms with E-state index in [4.69, 9.17) is 18.5 Å². The van der Waals surface area contributed by atoms with Crippen molar-refractivity contribution in [2.24, 2.45) is 11.8 Å². The van der Waals surface area contributed by atoms with Crippen LogP contribution in [-0.2, 0) is 32.7 Å². The quantitative estimate of drug-likeness (QED) is 0.0525. The maximum absolute atomic E-state index is 12.2.